The van der Waals surface area contributed by atoms with Gasteiger partial charge in [0.25, 0.3) is 0 Å². The SMILES string of the molecule is CCCCCCC(=O)N[C@@H](Nc1ccccc1Cl)C(Cl)(Cl)Cl. The summed E-state index contributed by atoms with van der Waals surface area (Å²) in [6, 6.07) is 7.06. The molecule has 0 saturated heterocycles. The van der Waals surface area contributed by atoms with Gasteiger partial charge < -0.3 is 10.6 Å². The van der Waals surface area contributed by atoms with Gasteiger partial charge in [-0.3, -0.25) is 4.79 Å². The Morgan fingerprint density at radius 2 is 1.86 bits per heavy atom. The van der Waals surface area contributed by atoms with Crippen molar-refractivity contribution in [3.63, 3.8) is 0 Å². The number of para-hydroxylation sites is 1. The highest BCUT2D eigenvalue weighted by molar-refractivity contribution is 6.68. The lowest BCUT2D eigenvalue weighted by atomic mass is 10.1. The maximum atomic E-state index is 12.0. The van der Waals surface area contributed by atoms with E-state index in [1.165, 1.54) is 0 Å². The van der Waals surface area contributed by atoms with Crippen LogP contribution in [0.2, 0.25) is 5.02 Å². The first-order valence-corrected chi connectivity index (χ1v) is 8.73. The molecule has 0 heterocycles. The van der Waals surface area contributed by atoms with E-state index in [1.54, 1.807) is 24.3 Å². The Hall–Kier alpha value is -0.350. The molecule has 7 heteroatoms. The van der Waals surface area contributed by atoms with Crippen LogP contribution in [0.4, 0.5) is 5.69 Å². The largest absolute Gasteiger partial charge is 0.361 e. The smallest absolute Gasteiger partial charge is 0.228 e. The van der Waals surface area contributed by atoms with E-state index in [0.717, 1.165) is 25.7 Å². The summed E-state index contributed by atoms with van der Waals surface area (Å²) in [5.74, 6) is -0.160. The van der Waals surface area contributed by atoms with Gasteiger partial charge in [-0.1, -0.05) is 84.7 Å². The fourth-order valence-corrected chi connectivity index (χ4v) is 2.40. The highest BCUT2D eigenvalue weighted by Crippen LogP contribution is 2.32. The standard InChI is InChI=1S/C15H20Cl4N2O/c1-2-3-4-5-10-13(22)21-14(15(17,18)19)20-12-9-7-6-8-11(12)16/h6-9,14,20H,2-5,10H2,1H3,(H,21,22)/t14-/m1/s1. The van der Waals surface area contributed by atoms with Gasteiger partial charge in [0.2, 0.25) is 9.70 Å². The molecule has 1 aromatic rings. The van der Waals surface area contributed by atoms with Crippen molar-refractivity contribution < 1.29 is 4.79 Å². The minimum atomic E-state index is -1.70. The lowest BCUT2D eigenvalue weighted by Gasteiger charge is -2.27. The van der Waals surface area contributed by atoms with Crippen molar-refractivity contribution >= 4 is 58.0 Å². The van der Waals surface area contributed by atoms with Crippen LogP contribution in [0.25, 0.3) is 0 Å². The second-order valence-corrected chi connectivity index (χ2v) is 7.75. The fourth-order valence-electron chi connectivity index (χ4n) is 1.88. The summed E-state index contributed by atoms with van der Waals surface area (Å²) in [5.41, 5.74) is 0.590. The number of amides is 1. The number of hydrogen-bond donors (Lipinski definition) is 2. The van der Waals surface area contributed by atoms with Crippen LogP contribution in [0.15, 0.2) is 24.3 Å². The van der Waals surface area contributed by atoms with Gasteiger partial charge in [0.05, 0.1) is 10.7 Å². The Balaban J connectivity index is 2.62. The van der Waals surface area contributed by atoms with Gasteiger partial charge >= 0.3 is 0 Å². The molecule has 0 bridgehead atoms. The molecule has 0 unspecified atom stereocenters. The summed E-state index contributed by atoms with van der Waals surface area (Å²) in [6.45, 7) is 2.12. The second-order valence-electron chi connectivity index (χ2n) is 4.98. The Bertz CT molecular complexity index is 477. The molecule has 0 saturated carbocycles. The van der Waals surface area contributed by atoms with Gasteiger partial charge in [0, 0.05) is 6.42 Å². The van der Waals surface area contributed by atoms with Gasteiger partial charge in [0.1, 0.15) is 6.17 Å². The maximum absolute atomic E-state index is 12.0. The van der Waals surface area contributed by atoms with E-state index < -0.39 is 9.96 Å². The lowest BCUT2D eigenvalue weighted by Crippen LogP contribution is -2.49. The van der Waals surface area contributed by atoms with Crippen molar-refractivity contribution in [2.24, 2.45) is 0 Å². The van der Waals surface area contributed by atoms with Crippen molar-refractivity contribution in [3.05, 3.63) is 29.3 Å². The highest BCUT2D eigenvalue weighted by Gasteiger charge is 2.34. The number of halogens is 4. The highest BCUT2D eigenvalue weighted by atomic mass is 35.6. The van der Waals surface area contributed by atoms with Gasteiger partial charge in [0.15, 0.2) is 0 Å². The Morgan fingerprint density at radius 1 is 1.18 bits per heavy atom. The monoisotopic (exact) mass is 384 g/mol. The molecule has 0 radical (unpaired) electrons. The third-order valence-corrected chi connectivity index (χ3v) is 4.05. The van der Waals surface area contributed by atoms with E-state index in [4.69, 9.17) is 46.4 Å². The van der Waals surface area contributed by atoms with Crippen LogP contribution in [-0.2, 0) is 4.79 Å². The minimum Gasteiger partial charge on any atom is -0.361 e. The lowest BCUT2D eigenvalue weighted by molar-refractivity contribution is -0.121. The van der Waals surface area contributed by atoms with Crippen molar-refractivity contribution in [2.75, 3.05) is 5.32 Å². The molecule has 1 atom stereocenters. The quantitative estimate of drug-likeness (QED) is 0.350. The minimum absolute atomic E-state index is 0.160. The van der Waals surface area contributed by atoms with Crippen molar-refractivity contribution in [2.45, 2.75) is 49.0 Å². The zero-order valence-corrected chi connectivity index (χ0v) is 15.4. The van der Waals surface area contributed by atoms with Crippen LogP contribution in [0.5, 0.6) is 0 Å². The molecule has 0 fully saturated rings. The van der Waals surface area contributed by atoms with E-state index in [2.05, 4.69) is 17.6 Å². The number of carbonyl (C=O) groups is 1. The van der Waals surface area contributed by atoms with Crippen LogP contribution in [-0.4, -0.2) is 15.9 Å². The summed E-state index contributed by atoms with van der Waals surface area (Å²) >= 11 is 23.9. The average molecular weight is 386 g/mol. The Labute approximate surface area is 151 Å². The molecule has 1 rings (SSSR count). The molecule has 0 aliphatic heterocycles. The van der Waals surface area contributed by atoms with Crippen LogP contribution in [0.3, 0.4) is 0 Å². The number of hydrogen-bond acceptors (Lipinski definition) is 2. The summed E-state index contributed by atoms with van der Waals surface area (Å²) < 4.78 is -1.70. The molecule has 1 aromatic carbocycles. The van der Waals surface area contributed by atoms with E-state index in [9.17, 15) is 4.79 Å². The van der Waals surface area contributed by atoms with Crippen molar-refractivity contribution in [3.8, 4) is 0 Å². The molecule has 2 N–H and O–H groups in total. The molecule has 0 aromatic heterocycles. The molecule has 1 amide bonds. The first-order valence-electron chi connectivity index (χ1n) is 7.21. The second kappa shape index (κ2) is 9.71. The summed E-state index contributed by atoms with van der Waals surface area (Å²) in [5, 5.41) is 6.15. The van der Waals surface area contributed by atoms with Crippen LogP contribution in [0.1, 0.15) is 39.0 Å². The normalized spacial score (nSPS) is 12.8. The summed E-state index contributed by atoms with van der Waals surface area (Å²) in [4.78, 5) is 12.0. The van der Waals surface area contributed by atoms with E-state index in [0.29, 0.717) is 17.1 Å². The average Bonchev–Trinajstić information content (AvgIpc) is 2.44. The van der Waals surface area contributed by atoms with Crippen LogP contribution in [0, 0.1) is 0 Å². The van der Waals surface area contributed by atoms with E-state index in [-0.39, 0.29) is 5.91 Å². The number of benzene rings is 1. The Kier molecular flexibility index (Phi) is 8.70. The number of unbranched alkanes of at least 4 members (excludes halogenated alkanes) is 3. The fraction of sp³-hybridized carbons (Fsp3) is 0.533. The van der Waals surface area contributed by atoms with Crippen LogP contribution < -0.4 is 10.6 Å². The first-order chi connectivity index (χ1) is 10.3. The predicted octanol–water partition coefficient (Wildman–Crippen LogP) is 5.53. The van der Waals surface area contributed by atoms with E-state index >= 15 is 0 Å². The van der Waals surface area contributed by atoms with Gasteiger partial charge in [-0.25, -0.2) is 0 Å². The van der Waals surface area contributed by atoms with Gasteiger partial charge in [-0.2, -0.15) is 0 Å². The number of anilines is 1. The summed E-state index contributed by atoms with van der Waals surface area (Å²) in [7, 11) is 0. The van der Waals surface area contributed by atoms with Gasteiger partial charge in [-0.15, -0.1) is 0 Å². The number of rotatable bonds is 8. The topological polar surface area (TPSA) is 41.1 Å². The number of nitrogens with one attached hydrogen (secondary N) is 2. The molecular weight excluding hydrogens is 366 g/mol. The molecular formula is C15H20Cl4N2O. The van der Waals surface area contributed by atoms with Gasteiger partial charge in [-0.05, 0) is 18.6 Å². The zero-order chi connectivity index (χ0) is 16.6. The molecule has 3 nitrogen and oxygen atoms in total. The third kappa shape index (κ3) is 7.28. The van der Waals surface area contributed by atoms with E-state index in [1.807, 2.05) is 0 Å². The molecule has 124 valence electrons. The predicted molar refractivity (Wildman–Crippen MR) is 96.1 cm³/mol. The molecule has 22 heavy (non-hydrogen) atoms. The number of carbonyl (C=O) groups excluding carboxylic acids is 1. The summed E-state index contributed by atoms with van der Waals surface area (Å²) in [6.07, 6.45) is 3.60. The maximum Gasteiger partial charge on any atom is 0.228 e. The Morgan fingerprint density at radius 3 is 2.45 bits per heavy atom. The number of alkyl halides is 3. The molecule has 0 spiro atoms. The van der Waals surface area contributed by atoms with Crippen LogP contribution >= 0.6 is 46.4 Å². The van der Waals surface area contributed by atoms with Crippen molar-refractivity contribution in [1.29, 1.82) is 0 Å². The zero-order valence-electron chi connectivity index (χ0n) is 12.3. The first kappa shape index (κ1) is 19.7. The van der Waals surface area contributed by atoms with Crippen molar-refractivity contribution in [1.82, 2.24) is 5.32 Å². The third-order valence-electron chi connectivity index (χ3n) is 3.06. The molecule has 0 aliphatic carbocycles. The molecule has 0 aliphatic rings.